The maximum Gasteiger partial charge on any atom is 0.294 e. The fraction of sp³-hybridized carbons (Fsp3) is 0.333. The highest BCUT2D eigenvalue weighted by molar-refractivity contribution is 6.42. The second-order valence-corrected chi connectivity index (χ2v) is 3.69. The van der Waals surface area contributed by atoms with E-state index in [2.05, 4.69) is 0 Å². The number of likely N-dealkylation sites (tertiary alicyclic amines) is 1. The molecule has 15 heavy (non-hydrogen) atoms. The van der Waals surface area contributed by atoms with E-state index in [9.17, 15) is 9.59 Å². The molecule has 1 aromatic carbocycles. The van der Waals surface area contributed by atoms with E-state index in [1.54, 1.807) is 29.2 Å². The summed E-state index contributed by atoms with van der Waals surface area (Å²) in [4.78, 5) is 25.1. The first-order valence-corrected chi connectivity index (χ1v) is 5.17. The lowest BCUT2D eigenvalue weighted by Gasteiger charge is -2.13. The number of rotatable bonds is 2. The fourth-order valence-electron chi connectivity index (χ4n) is 1.78. The Balaban J connectivity index is 2.11. The molecule has 0 bridgehead atoms. The number of benzene rings is 1. The summed E-state index contributed by atoms with van der Waals surface area (Å²) < 4.78 is 0. The molecule has 0 aliphatic carbocycles. The largest absolute Gasteiger partial charge is 0.336 e. The topological polar surface area (TPSA) is 37.4 Å². The van der Waals surface area contributed by atoms with E-state index in [0.717, 1.165) is 25.9 Å². The van der Waals surface area contributed by atoms with Gasteiger partial charge in [0.25, 0.3) is 5.91 Å². The highest BCUT2D eigenvalue weighted by Gasteiger charge is 2.24. The molecule has 78 valence electrons. The predicted octanol–water partition coefficient (Wildman–Crippen LogP) is 1.49. The van der Waals surface area contributed by atoms with E-state index in [1.165, 1.54) is 0 Å². The van der Waals surface area contributed by atoms with Crippen molar-refractivity contribution in [3.05, 3.63) is 35.9 Å². The normalized spacial score (nSPS) is 15.3. The highest BCUT2D eigenvalue weighted by Crippen LogP contribution is 2.10. The van der Waals surface area contributed by atoms with Gasteiger partial charge in [0.1, 0.15) is 0 Å². The molecule has 2 rings (SSSR count). The van der Waals surface area contributed by atoms with Crippen LogP contribution in [0, 0.1) is 0 Å². The molecule has 0 spiro atoms. The van der Waals surface area contributed by atoms with Crippen LogP contribution in [0.1, 0.15) is 23.2 Å². The fourth-order valence-corrected chi connectivity index (χ4v) is 1.78. The van der Waals surface area contributed by atoms with Gasteiger partial charge in [0.15, 0.2) is 0 Å². The van der Waals surface area contributed by atoms with Crippen LogP contribution in [-0.2, 0) is 4.79 Å². The summed E-state index contributed by atoms with van der Waals surface area (Å²) in [6.07, 6.45) is 2.02. The van der Waals surface area contributed by atoms with Gasteiger partial charge >= 0.3 is 0 Å². The van der Waals surface area contributed by atoms with E-state index in [-0.39, 0.29) is 5.91 Å². The SMILES string of the molecule is O=C(C(=O)N1CCCC1)c1ccccc1. The minimum absolute atomic E-state index is 0.362. The van der Waals surface area contributed by atoms with Gasteiger partial charge in [0.2, 0.25) is 5.78 Å². The van der Waals surface area contributed by atoms with E-state index in [0.29, 0.717) is 5.56 Å². The second-order valence-electron chi connectivity index (χ2n) is 3.69. The third kappa shape index (κ3) is 2.06. The molecule has 1 heterocycles. The number of nitrogens with zero attached hydrogens (tertiary/aromatic N) is 1. The van der Waals surface area contributed by atoms with Crippen LogP contribution in [0.3, 0.4) is 0 Å². The molecular formula is C12H13NO2. The van der Waals surface area contributed by atoms with Crippen molar-refractivity contribution in [3.63, 3.8) is 0 Å². The molecule has 0 unspecified atom stereocenters. The Morgan fingerprint density at radius 2 is 1.60 bits per heavy atom. The average Bonchev–Trinajstić information content (AvgIpc) is 2.82. The van der Waals surface area contributed by atoms with Gasteiger partial charge in [-0.2, -0.15) is 0 Å². The number of carbonyl (C=O) groups excluding carboxylic acids is 2. The lowest BCUT2D eigenvalue weighted by molar-refractivity contribution is -0.125. The van der Waals surface area contributed by atoms with Gasteiger partial charge in [-0.15, -0.1) is 0 Å². The zero-order valence-corrected chi connectivity index (χ0v) is 8.48. The monoisotopic (exact) mass is 203 g/mol. The lowest BCUT2D eigenvalue weighted by atomic mass is 10.1. The Hall–Kier alpha value is -1.64. The average molecular weight is 203 g/mol. The molecule has 3 nitrogen and oxygen atoms in total. The molecule has 1 amide bonds. The molecule has 0 atom stereocenters. The molecule has 1 aliphatic rings. The zero-order valence-electron chi connectivity index (χ0n) is 8.48. The van der Waals surface area contributed by atoms with E-state index in [4.69, 9.17) is 0 Å². The number of ketones is 1. The quantitative estimate of drug-likeness (QED) is 0.539. The number of carbonyl (C=O) groups is 2. The molecular weight excluding hydrogens is 190 g/mol. The summed E-state index contributed by atoms with van der Waals surface area (Å²) >= 11 is 0. The van der Waals surface area contributed by atoms with Crippen molar-refractivity contribution < 1.29 is 9.59 Å². The Kier molecular flexibility index (Phi) is 2.81. The van der Waals surface area contributed by atoms with Crippen LogP contribution in [0.2, 0.25) is 0 Å². The summed E-state index contributed by atoms with van der Waals surface area (Å²) in [6, 6.07) is 8.72. The summed E-state index contributed by atoms with van der Waals surface area (Å²) in [5.41, 5.74) is 0.481. The number of amides is 1. The van der Waals surface area contributed by atoms with Crippen molar-refractivity contribution in [2.45, 2.75) is 12.8 Å². The Labute approximate surface area is 88.7 Å². The van der Waals surface area contributed by atoms with Gasteiger partial charge in [-0.25, -0.2) is 0 Å². The minimum Gasteiger partial charge on any atom is -0.336 e. The van der Waals surface area contributed by atoms with Crippen LogP contribution in [0.15, 0.2) is 30.3 Å². The van der Waals surface area contributed by atoms with E-state index >= 15 is 0 Å². The standard InChI is InChI=1S/C12H13NO2/c14-11(10-6-2-1-3-7-10)12(15)13-8-4-5-9-13/h1-3,6-7H,4-5,8-9H2. The first-order valence-electron chi connectivity index (χ1n) is 5.17. The molecule has 0 saturated carbocycles. The van der Waals surface area contributed by atoms with Crippen LogP contribution < -0.4 is 0 Å². The molecule has 0 aromatic heterocycles. The third-order valence-corrected chi connectivity index (χ3v) is 2.62. The molecule has 0 radical (unpaired) electrons. The predicted molar refractivity (Wildman–Crippen MR) is 56.6 cm³/mol. The Morgan fingerprint density at radius 3 is 2.20 bits per heavy atom. The Morgan fingerprint density at radius 1 is 1.00 bits per heavy atom. The third-order valence-electron chi connectivity index (χ3n) is 2.62. The van der Waals surface area contributed by atoms with Crippen LogP contribution in [-0.4, -0.2) is 29.7 Å². The van der Waals surface area contributed by atoms with Crippen molar-refractivity contribution in [2.75, 3.05) is 13.1 Å². The van der Waals surface area contributed by atoms with E-state index < -0.39 is 5.78 Å². The Bertz CT molecular complexity index is 366. The van der Waals surface area contributed by atoms with Crippen LogP contribution in [0.4, 0.5) is 0 Å². The van der Waals surface area contributed by atoms with Crippen molar-refractivity contribution >= 4 is 11.7 Å². The van der Waals surface area contributed by atoms with Crippen molar-refractivity contribution in [3.8, 4) is 0 Å². The smallest absolute Gasteiger partial charge is 0.294 e. The summed E-state index contributed by atoms with van der Waals surface area (Å²) in [5.74, 6) is -0.754. The maximum absolute atomic E-state index is 11.7. The minimum atomic E-state index is -0.391. The molecule has 1 aromatic rings. The number of hydrogen-bond acceptors (Lipinski definition) is 2. The van der Waals surface area contributed by atoms with Gasteiger partial charge in [-0.3, -0.25) is 9.59 Å². The summed E-state index contributed by atoms with van der Waals surface area (Å²) in [6.45, 7) is 1.44. The van der Waals surface area contributed by atoms with Gasteiger partial charge < -0.3 is 4.90 Å². The molecule has 1 saturated heterocycles. The summed E-state index contributed by atoms with van der Waals surface area (Å²) in [5, 5.41) is 0. The van der Waals surface area contributed by atoms with Gasteiger partial charge in [-0.05, 0) is 12.8 Å². The first kappa shape index (κ1) is 9.90. The highest BCUT2D eigenvalue weighted by atomic mass is 16.2. The van der Waals surface area contributed by atoms with Gasteiger partial charge in [-0.1, -0.05) is 30.3 Å². The van der Waals surface area contributed by atoms with Crippen molar-refractivity contribution in [2.24, 2.45) is 0 Å². The lowest BCUT2D eigenvalue weighted by Crippen LogP contribution is -2.34. The second kappa shape index (κ2) is 4.26. The van der Waals surface area contributed by atoms with Gasteiger partial charge in [0, 0.05) is 18.7 Å². The van der Waals surface area contributed by atoms with E-state index in [1.807, 2.05) is 6.07 Å². The molecule has 1 fully saturated rings. The van der Waals surface area contributed by atoms with Crippen LogP contribution in [0.5, 0.6) is 0 Å². The van der Waals surface area contributed by atoms with Gasteiger partial charge in [0.05, 0.1) is 0 Å². The summed E-state index contributed by atoms with van der Waals surface area (Å²) in [7, 11) is 0. The molecule has 3 heteroatoms. The van der Waals surface area contributed by atoms with Crippen LogP contribution >= 0.6 is 0 Å². The van der Waals surface area contributed by atoms with Crippen LogP contribution in [0.25, 0.3) is 0 Å². The van der Waals surface area contributed by atoms with Crippen molar-refractivity contribution in [1.82, 2.24) is 4.90 Å². The number of Topliss-reactive ketones (excluding diaryl/α,β-unsaturated/α-hetero) is 1. The zero-order chi connectivity index (χ0) is 10.7. The van der Waals surface area contributed by atoms with Crippen molar-refractivity contribution in [1.29, 1.82) is 0 Å². The molecule has 0 N–H and O–H groups in total. The molecule has 1 aliphatic heterocycles. The maximum atomic E-state index is 11.7. The first-order chi connectivity index (χ1) is 7.29. The number of hydrogen-bond donors (Lipinski definition) is 0.